The largest absolute Gasteiger partial charge is 0.492 e. The molecule has 2 aromatic rings. The van der Waals surface area contributed by atoms with Crippen molar-refractivity contribution in [2.75, 3.05) is 26.2 Å². The lowest BCUT2D eigenvalue weighted by Gasteiger charge is -2.32. The molecular weight excluding hydrogens is 352 g/mol. The van der Waals surface area contributed by atoms with E-state index in [1.807, 2.05) is 59.5 Å². The number of benzene rings is 2. The molecule has 2 aliphatic heterocycles. The van der Waals surface area contributed by atoms with Crippen LogP contribution in [0.25, 0.3) is 0 Å². The molecule has 2 aliphatic rings. The average Bonchev–Trinajstić information content (AvgIpc) is 2.77. The maximum Gasteiger partial charge on any atom is 0.253 e. The second-order valence-corrected chi connectivity index (χ2v) is 7.67. The summed E-state index contributed by atoms with van der Waals surface area (Å²) < 4.78 is 5.73. The topological polar surface area (TPSA) is 58.6 Å². The molecule has 2 amide bonds. The fourth-order valence-corrected chi connectivity index (χ4v) is 3.99. The van der Waals surface area contributed by atoms with E-state index in [0.717, 1.165) is 49.2 Å². The smallest absolute Gasteiger partial charge is 0.253 e. The first-order chi connectivity index (χ1) is 13.7. The lowest BCUT2D eigenvalue weighted by atomic mass is 9.94. The third kappa shape index (κ3) is 4.19. The third-order valence-corrected chi connectivity index (χ3v) is 5.74. The zero-order valence-corrected chi connectivity index (χ0v) is 16.0. The van der Waals surface area contributed by atoms with E-state index in [0.29, 0.717) is 19.1 Å². The second kappa shape index (κ2) is 8.46. The van der Waals surface area contributed by atoms with Crippen molar-refractivity contribution in [2.24, 2.45) is 11.8 Å². The van der Waals surface area contributed by atoms with Crippen LogP contribution >= 0.6 is 0 Å². The molecule has 1 N–H and O–H groups in total. The Kier molecular flexibility index (Phi) is 5.60. The van der Waals surface area contributed by atoms with Gasteiger partial charge in [0, 0.05) is 25.2 Å². The average molecular weight is 378 g/mol. The van der Waals surface area contributed by atoms with Crippen LogP contribution in [-0.2, 0) is 11.2 Å². The number of hydrogen-bond donors (Lipinski definition) is 1. The molecule has 0 bridgehead atoms. The molecular formula is C23H26N2O3. The molecule has 1 fully saturated rings. The highest BCUT2D eigenvalue weighted by Gasteiger charge is 2.28. The van der Waals surface area contributed by atoms with E-state index in [1.165, 1.54) is 0 Å². The van der Waals surface area contributed by atoms with E-state index in [-0.39, 0.29) is 17.7 Å². The summed E-state index contributed by atoms with van der Waals surface area (Å²) in [6.07, 6.45) is 2.57. The van der Waals surface area contributed by atoms with Gasteiger partial charge in [-0.3, -0.25) is 9.59 Å². The number of piperidine rings is 1. The Labute approximate surface area is 165 Å². The molecule has 0 saturated carbocycles. The van der Waals surface area contributed by atoms with Gasteiger partial charge in [0.1, 0.15) is 12.4 Å². The maximum atomic E-state index is 12.6. The van der Waals surface area contributed by atoms with Crippen molar-refractivity contribution < 1.29 is 14.3 Å². The van der Waals surface area contributed by atoms with Crippen LogP contribution in [0, 0.1) is 11.8 Å². The molecule has 0 aliphatic carbocycles. The fraction of sp³-hybridized carbons (Fsp3) is 0.391. The van der Waals surface area contributed by atoms with Gasteiger partial charge in [-0.25, -0.2) is 0 Å². The Balaban J connectivity index is 1.22. The van der Waals surface area contributed by atoms with Crippen LogP contribution in [0.3, 0.4) is 0 Å². The SMILES string of the molecule is O=C(NCC1CCN(C(=O)c2ccccc2)CC1)C1COc2ccccc2C1. The molecule has 1 saturated heterocycles. The summed E-state index contributed by atoms with van der Waals surface area (Å²) in [5, 5.41) is 3.11. The number of rotatable bonds is 4. The van der Waals surface area contributed by atoms with Gasteiger partial charge in [0.25, 0.3) is 5.91 Å². The van der Waals surface area contributed by atoms with Gasteiger partial charge in [0.15, 0.2) is 0 Å². The second-order valence-electron chi connectivity index (χ2n) is 7.67. The molecule has 2 heterocycles. The summed E-state index contributed by atoms with van der Waals surface area (Å²) in [5.74, 6) is 1.34. The van der Waals surface area contributed by atoms with Gasteiger partial charge in [-0.1, -0.05) is 36.4 Å². The quantitative estimate of drug-likeness (QED) is 0.890. The van der Waals surface area contributed by atoms with E-state index in [4.69, 9.17) is 4.74 Å². The Morgan fingerprint density at radius 1 is 1.00 bits per heavy atom. The van der Waals surface area contributed by atoms with E-state index >= 15 is 0 Å². The highest BCUT2D eigenvalue weighted by molar-refractivity contribution is 5.94. The maximum absolute atomic E-state index is 12.6. The number of ether oxygens (including phenoxy) is 1. The molecule has 4 rings (SSSR count). The predicted octanol–water partition coefficient (Wildman–Crippen LogP) is 2.91. The molecule has 5 heteroatoms. The minimum atomic E-state index is -0.130. The predicted molar refractivity (Wildman–Crippen MR) is 107 cm³/mol. The standard InChI is InChI=1S/C23H26N2O3/c26-22(20-14-19-8-4-5-9-21(19)28-16-20)24-15-17-10-12-25(13-11-17)23(27)18-6-2-1-3-7-18/h1-9,17,20H,10-16H2,(H,24,26). The number of likely N-dealkylation sites (tertiary alicyclic amines) is 1. The van der Waals surface area contributed by atoms with Gasteiger partial charge in [-0.05, 0) is 48.9 Å². The zero-order valence-electron chi connectivity index (χ0n) is 16.0. The Hall–Kier alpha value is -2.82. The normalized spacial score (nSPS) is 19.4. The van der Waals surface area contributed by atoms with Gasteiger partial charge < -0.3 is 15.0 Å². The Morgan fingerprint density at radius 3 is 2.50 bits per heavy atom. The van der Waals surface area contributed by atoms with Crippen molar-refractivity contribution in [3.8, 4) is 5.75 Å². The molecule has 0 aromatic heterocycles. The van der Waals surface area contributed by atoms with Crippen molar-refractivity contribution in [3.63, 3.8) is 0 Å². The van der Waals surface area contributed by atoms with Crippen molar-refractivity contribution in [1.29, 1.82) is 0 Å². The fourth-order valence-electron chi connectivity index (χ4n) is 3.99. The number of carbonyl (C=O) groups is 2. The molecule has 0 radical (unpaired) electrons. The molecule has 28 heavy (non-hydrogen) atoms. The summed E-state index contributed by atoms with van der Waals surface area (Å²) in [6.45, 7) is 2.60. The lowest BCUT2D eigenvalue weighted by molar-refractivity contribution is -0.126. The van der Waals surface area contributed by atoms with Gasteiger partial charge in [0.2, 0.25) is 5.91 Å². The first kappa shape index (κ1) is 18.5. The Bertz CT molecular complexity index is 829. The number of nitrogens with zero attached hydrogens (tertiary/aromatic N) is 1. The van der Waals surface area contributed by atoms with Crippen LogP contribution < -0.4 is 10.1 Å². The lowest BCUT2D eigenvalue weighted by Crippen LogP contribution is -2.43. The van der Waals surface area contributed by atoms with Gasteiger partial charge >= 0.3 is 0 Å². The van der Waals surface area contributed by atoms with E-state index < -0.39 is 0 Å². The number of amides is 2. The molecule has 2 aromatic carbocycles. The van der Waals surface area contributed by atoms with Gasteiger partial charge in [-0.15, -0.1) is 0 Å². The first-order valence-electron chi connectivity index (χ1n) is 10.0. The van der Waals surface area contributed by atoms with E-state index in [2.05, 4.69) is 5.32 Å². The number of nitrogens with one attached hydrogen (secondary N) is 1. The highest BCUT2D eigenvalue weighted by Crippen LogP contribution is 2.27. The summed E-state index contributed by atoms with van der Waals surface area (Å²) in [5.41, 5.74) is 1.84. The van der Waals surface area contributed by atoms with Crippen LogP contribution in [0.1, 0.15) is 28.8 Å². The molecule has 5 nitrogen and oxygen atoms in total. The zero-order chi connectivity index (χ0) is 19.3. The first-order valence-corrected chi connectivity index (χ1v) is 10.0. The number of hydrogen-bond acceptors (Lipinski definition) is 3. The summed E-state index contributed by atoms with van der Waals surface area (Å²) in [6, 6.07) is 17.3. The molecule has 0 spiro atoms. The monoisotopic (exact) mass is 378 g/mol. The van der Waals surface area contributed by atoms with Crippen LogP contribution in [-0.4, -0.2) is 43.0 Å². The Morgan fingerprint density at radius 2 is 1.71 bits per heavy atom. The van der Waals surface area contributed by atoms with Crippen molar-refractivity contribution in [3.05, 3.63) is 65.7 Å². The van der Waals surface area contributed by atoms with Crippen molar-refractivity contribution in [1.82, 2.24) is 10.2 Å². The third-order valence-electron chi connectivity index (χ3n) is 5.74. The van der Waals surface area contributed by atoms with Gasteiger partial charge in [-0.2, -0.15) is 0 Å². The minimum absolute atomic E-state index is 0.0669. The summed E-state index contributed by atoms with van der Waals surface area (Å²) in [4.78, 5) is 27.0. The summed E-state index contributed by atoms with van der Waals surface area (Å²) in [7, 11) is 0. The molecule has 146 valence electrons. The minimum Gasteiger partial charge on any atom is -0.492 e. The van der Waals surface area contributed by atoms with Crippen LogP contribution in [0.2, 0.25) is 0 Å². The van der Waals surface area contributed by atoms with Crippen LogP contribution in [0.4, 0.5) is 0 Å². The number of carbonyl (C=O) groups excluding carboxylic acids is 2. The van der Waals surface area contributed by atoms with Gasteiger partial charge in [0.05, 0.1) is 5.92 Å². The number of fused-ring (bicyclic) bond motifs is 1. The highest BCUT2D eigenvalue weighted by atomic mass is 16.5. The summed E-state index contributed by atoms with van der Waals surface area (Å²) >= 11 is 0. The van der Waals surface area contributed by atoms with Crippen molar-refractivity contribution >= 4 is 11.8 Å². The molecule has 1 unspecified atom stereocenters. The van der Waals surface area contributed by atoms with Crippen molar-refractivity contribution in [2.45, 2.75) is 19.3 Å². The van der Waals surface area contributed by atoms with E-state index in [1.54, 1.807) is 0 Å². The van der Waals surface area contributed by atoms with E-state index in [9.17, 15) is 9.59 Å². The molecule has 1 atom stereocenters. The van der Waals surface area contributed by atoms with Crippen LogP contribution in [0.5, 0.6) is 5.75 Å². The van der Waals surface area contributed by atoms with Crippen LogP contribution in [0.15, 0.2) is 54.6 Å². The number of para-hydroxylation sites is 1.